The maximum Gasteiger partial charge on any atom is 0.264 e. The highest BCUT2D eigenvalue weighted by molar-refractivity contribution is 8.00. The third-order valence-corrected chi connectivity index (χ3v) is 6.54. The van der Waals surface area contributed by atoms with Gasteiger partial charge in [-0.2, -0.15) is 0 Å². The van der Waals surface area contributed by atoms with Gasteiger partial charge < -0.3 is 5.32 Å². The maximum absolute atomic E-state index is 12.5. The smallest absolute Gasteiger partial charge is 0.264 e. The van der Waals surface area contributed by atoms with Crippen molar-refractivity contribution < 1.29 is 18.0 Å². The number of carbonyl (C=O) groups excluding carboxylic acids is 2. The van der Waals surface area contributed by atoms with Crippen LogP contribution in [0.15, 0.2) is 58.3 Å². The fourth-order valence-corrected chi connectivity index (χ4v) is 4.26. The number of nitrogens with one attached hydrogen (secondary N) is 2. The van der Waals surface area contributed by atoms with Crippen molar-refractivity contribution in [3.8, 4) is 0 Å². The number of rotatable bonds is 7. The fourth-order valence-electron chi connectivity index (χ4n) is 2.19. The van der Waals surface area contributed by atoms with E-state index in [0.717, 1.165) is 11.8 Å². The van der Waals surface area contributed by atoms with Gasteiger partial charge in [-0.25, -0.2) is 13.1 Å². The van der Waals surface area contributed by atoms with Crippen LogP contribution in [-0.4, -0.2) is 25.5 Å². The van der Waals surface area contributed by atoms with Gasteiger partial charge in [0.1, 0.15) is 0 Å². The molecule has 0 aliphatic heterocycles. The minimum atomic E-state index is -3.90. The van der Waals surface area contributed by atoms with E-state index in [-0.39, 0.29) is 16.1 Å². The van der Waals surface area contributed by atoms with Gasteiger partial charge in [-0.05, 0) is 55.0 Å². The molecule has 144 valence electrons. The molecule has 2 aromatic carbocycles. The summed E-state index contributed by atoms with van der Waals surface area (Å²) >= 11 is 7.29. The van der Waals surface area contributed by atoms with Gasteiger partial charge in [-0.1, -0.05) is 18.5 Å². The molecule has 0 bridgehead atoms. The van der Waals surface area contributed by atoms with E-state index < -0.39 is 15.9 Å². The second kappa shape index (κ2) is 9.25. The highest BCUT2D eigenvalue weighted by Crippen LogP contribution is 2.27. The van der Waals surface area contributed by atoms with E-state index in [2.05, 4.69) is 5.32 Å². The number of sulfonamides is 1. The molecular formula is C18H19ClN2O4S2. The highest BCUT2D eigenvalue weighted by atomic mass is 35.5. The lowest BCUT2D eigenvalue weighted by atomic mass is 10.3. The van der Waals surface area contributed by atoms with E-state index in [1.807, 2.05) is 23.8 Å². The zero-order valence-electron chi connectivity index (χ0n) is 14.7. The highest BCUT2D eigenvalue weighted by Gasteiger charge is 2.19. The van der Waals surface area contributed by atoms with Crippen molar-refractivity contribution >= 4 is 50.9 Å². The fraction of sp³-hybridized carbons (Fsp3) is 0.222. The molecule has 6 nitrogen and oxygen atoms in total. The molecule has 0 heterocycles. The molecule has 2 rings (SSSR count). The number of amides is 2. The van der Waals surface area contributed by atoms with E-state index in [1.54, 1.807) is 12.1 Å². The molecule has 0 aliphatic carbocycles. The Bertz CT molecular complexity index is 913. The normalized spacial score (nSPS) is 12.3. The van der Waals surface area contributed by atoms with E-state index >= 15 is 0 Å². The molecule has 27 heavy (non-hydrogen) atoms. The van der Waals surface area contributed by atoms with Crippen LogP contribution in [0.25, 0.3) is 0 Å². The van der Waals surface area contributed by atoms with Crippen LogP contribution in [0.5, 0.6) is 0 Å². The Kier molecular flexibility index (Phi) is 7.29. The summed E-state index contributed by atoms with van der Waals surface area (Å²) in [5, 5.41) is 3.10. The second-order valence-electron chi connectivity index (χ2n) is 5.64. The number of benzene rings is 2. The number of carbonyl (C=O) groups is 2. The first-order valence-electron chi connectivity index (χ1n) is 8.08. The van der Waals surface area contributed by atoms with Gasteiger partial charge in [0, 0.05) is 22.5 Å². The standard InChI is InChI=1S/C18H19ClN2O4S2/c1-3-17(26-15-8-4-13(19)5-9-15)18(23)20-14-6-10-16(11-7-14)27(24,25)21-12(2)22/h4-11,17H,3H2,1-2H3,(H,20,23)(H,21,22). The first-order valence-corrected chi connectivity index (χ1v) is 10.8. The maximum atomic E-state index is 12.5. The number of hydrogen-bond acceptors (Lipinski definition) is 5. The van der Waals surface area contributed by atoms with Gasteiger partial charge in [0.25, 0.3) is 10.0 Å². The van der Waals surface area contributed by atoms with Crippen LogP contribution >= 0.6 is 23.4 Å². The molecule has 0 spiro atoms. The summed E-state index contributed by atoms with van der Waals surface area (Å²) in [6, 6.07) is 12.8. The molecular weight excluding hydrogens is 408 g/mol. The summed E-state index contributed by atoms with van der Waals surface area (Å²) < 4.78 is 25.7. The molecule has 9 heteroatoms. The summed E-state index contributed by atoms with van der Waals surface area (Å²) in [6.45, 7) is 3.03. The average Bonchev–Trinajstić information content (AvgIpc) is 2.60. The van der Waals surface area contributed by atoms with Crippen molar-refractivity contribution in [3.05, 3.63) is 53.6 Å². The molecule has 0 saturated carbocycles. The van der Waals surface area contributed by atoms with E-state index in [0.29, 0.717) is 17.1 Å². The summed E-state index contributed by atoms with van der Waals surface area (Å²) in [7, 11) is -3.90. The SMILES string of the molecule is CCC(Sc1ccc(Cl)cc1)C(=O)Nc1ccc(S(=O)(=O)NC(C)=O)cc1. The van der Waals surface area contributed by atoms with Crippen LogP contribution in [0, 0.1) is 0 Å². The zero-order chi connectivity index (χ0) is 20.0. The molecule has 0 saturated heterocycles. The number of halogens is 1. The van der Waals surface area contributed by atoms with Gasteiger partial charge in [-0.15, -0.1) is 11.8 Å². The first kappa shape index (κ1) is 21.3. The molecule has 1 unspecified atom stereocenters. The van der Waals surface area contributed by atoms with Crippen LogP contribution in [0.4, 0.5) is 5.69 Å². The number of hydrogen-bond donors (Lipinski definition) is 2. The Morgan fingerprint density at radius 2 is 1.67 bits per heavy atom. The van der Waals surface area contributed by atoms with Crippen LogP contribution in [-0.2, 0) is 19.6 Å². The van der Waals surface area contributed by atoms with Gasteiger partial charge in [-0.3, -0.25) is 9.59 Å². The topological polar surface area (TPSA) is 92.3 Å². The molecule has 0 aromatic heterocycles. The Balaban J connectivity index is 2.05. The van der Waals surface area contributed by atoms with Crippen molar-refractivity contribution in [1.29, 1.82) is 0 Å². The van der Waals surface area contributed by atoms with Crippen molar-refractivity contribution in [2.24, 2.45) is 0 Å². The van der Waals surface area contributed by atoms with E-state index in [4.69, 9.17) is 11.6 Å². The van der Waals surface area contributed by atoms with E-state index in [9.17, 15) is 18.0 Å². The molecule has 2 aromatic rings. The van der Waals surface area contributed by atoms with Crippen molar-refractivity contribution in [2.75, 3.05) is 5.32 Å². The Morgan fingerprint density at radius 1 is 1.07 bits per heavy atom. The van der Waals surface area contributed by atoms with Crippen LogP contribution in [0.3, 0.4) is 0 Å². The van der Waals surface area contributed by atoms with Crippen LogP contribution in [0.2, 0.25) is 5.02 Å². The second-order valence-corrected chi connectivity index (χ2v) is 9.04. The Morgan fingerprint density at radius 3 is 2.19 bits per heavy atom. The molecule has 0 aliphatic rings. The van der Waals surface area contributed by atoms with Gasteiger partial charge in [0.15, 0.2) is 0 Å². The van der Waals surface area contributed by atoms with Gasteiger partial charge in [0.2, 0.25) is 11.8 Å². The largest absolute Gasteiger partial charge is 0.325 e. The predicted octanol–water partition coefficient (Wildman–Crippen LogP) is 3.67. The third kappa shape index (κ3) is 6.27. The molecule has 0 fully saturated rings. The lowest BCUT2D eigenvalue weighted by molar-refractivity contribution is -0.117. The third-order valence-electron chi connectivity index (χ3n) is 3.47. The van der Waals surface area contributed by atoms with Crippen LogP contribution < -0.4 is 10.0 Å². The molecule has 0 radical (unpaired) electrons. The molecule has 2 amide bonds. The summed E-state index contributed by atoms with van der Waals surface area (Å²) in [5.74, 6) is -0.854. The monoisotopic (exact) mass is 426 g/mol. The zero-order valence-corrected chi connectivity index (χ0v) is 17.1. The Labute approximate surface area is 167 Å². The van der Waals surface area contributed by atoms with Crippen molar-refractivity contribution in [1.82, 2.24) is 4.72 Å². The molecule has 1 atom stereocenters. The summed E-state index contributed by atoms with van der Waals surface area (Å²) in [6.07, 6.45) is 0.619. The predicted molar refractivity (Wildman–Crippen MR) is 107 cm³/mol. The van der Waals surface area contributed by atoms with Gasteiger partial charge >= 0.3 is 0 Å². The van der Waals surface area contributed by atoms with Gasteiger partial charge in [0.05, 0.1) is 10.1 Å². The number of anilines is 1. The average molecular weight is 427 g/mol. The minimum Gasteiger partial charge on any atom is -0.325 e. The van der Waals surface area contributed by atoms with Crippen molar-refractivity contribution in [2.45, 2.75) is 35.3 Å². The van der Waals surface area contributed by atoms with E-state index in [1.165, 1.54) is 36.0 Å². The molecule has 2 N–H and O–H groups in total. The Hall–Kier alpha value is -2.03. The lowest BCUT2D eigenvalue weighted by Crippen LogP contribution is -2.28. The summed E-state index contributed by atoms with van der Waals surface area (Å²) in [5.41, 5.74) is 0.469. The first-order chi connectivity index (χ1) is 12.7. The number of thioether (sulfide) groups is 1. The van der Waals surface area contributed by atoms with Crippen molar-refractivity contribution in [3.63, 3.8) is 0 Å². The summed E-state index contributed by atoms with van der Waals surface area (Å²) in [4.78, 5) is 24.3. The van der Waals surface area contributed by atoms with Crippen LogP contribution in [0.1, 0.15) is 20.3 Å². The lowest BCUT2D eigenvalue weighted by Gasteiger charge is -2.15. The quantitative estimate of drug-likeness (QED) is 0.659. The minimum absolute atomic E-state index is 0.0571.